The van der Waals surface area contributed by atoms with Gasteiger partial charge < -0.3 is 10.2 Å². The minimum Gasteiger partial charge on any atom is -0.348 e. The first-order chi connectivity index (χ1) is 10.4. The summed E-state index contributed by atoms with van der Waals surface area (Å²) in [6.45, 7) is 0.897. The van der Waals surface area contributed by atoms with Gasteiger partial charge in [0.1, 0.15) is 0 Å². The molecule has 0 saturated carbocycles. The Morgan fingerprint density at radius 2 is 2.00 bits per heavy atom. The summed E-state index contributed by atoms with van der Waals surface area (Å²) in [7, 11) is 0. The minimum atomic E-state index is -4.85. The van der Waals surface area contributed by atoms with Crippen LogP contribution in [0.4, 0.5) is 13.2 Å². The van der Waals surface area contributed by atoms with Crippen molar-refractivity contribution in [3.05, 3.63) is 30.1 Å². The second-order valence-corrected chi connectivity index (χ2v) is 5.19. The van der Waals surface area contributed by atoms with Gasteiger partial charge in [-0.05, 0) is 30.9 Å². The number of piperidine rings is 1. The van der Waals surface area contributed by atoms with Gasteiger partial charge in [0.25, 0.3) is 5.91 Å². The maximum Gasteiger partial charge on any atom is 0.471 e. The number of nitrogens with one attached hydrogen (secondary N) is 1. The van der Waals surface area contributed by atoms with Crippen LogP contribution in [0.15, 0.2) is 24.5 Å². The van der Waals surface area contributed by atoms with Gasteiger partial charge in [0.05, 0.1) is 5.56 Å². The van der Waals surface area contributed by atoms with Gasteiger partial charge in [-0.15, -0.1) is 0 Å². The molecule has 1 aliphatic heterocycles. The molecular formula is C14H16F3N3O2. The lowest BCUT2D eigenvalue weighted by atomic mass is 9.96. The number of hydrogen-bond acceptors (Lipinski definition) is 3. The zero-order chi connectivity index (χ0) is 16.2. The fourth-order valence-electron chi connectivity index (χ4n) is 2.35. The first-order valence-electron chi connectivity index (χ1n) is 6.92. The Kier molecular flexibility index (Phi) is 4.99. The van der Waals surface area contributed by atoms with Gasteiger partial charge >= 0.3 is 12.1 Å². The topological polar surface area (TPSA) is 62.3 Å². The highest BCUT2D eigenvalue weighted by Gasteiger charge is 2.38. The first kappa shape index (κ1) is 16.3. The Morgan fingerprint density at radius 3 is 2.55 bits per heavy atom. The van der Waals surface area contributed by atoms with Gasteiger partial charge in [-0.2, -0.15) is 13.2 Å². The molecule has 22 heavy (non-hydrogen) atoms. The van der Waals surface area contributed by atoms with E-state index in [1.54, 1.807) is 23.2 Å². The van der Waals surface area contributed by atoms with E-state index >= 15 is 0 Å². The maximum absolute atomic E-state index is 12.2. The van der Waals surface area contributed by atoms with E-state index in [0.717, 1.165) is 0 Å². The molecule has 8 heteroatoms. The fourth-order valence-corrected chi connectivity index (χ4v) is 2.35. The van der Waals surface area contributed by atoms with Gasteiger partial charge in [-0.3, -0.25) is 14.6 Å². The number of carbonyl (C=O) groups excluding carboxylic acids is 2. The second kappa shape index (κ2) is 6.76. The van der Waals surface area contributed by atoms with Crippen molar-refractivity contribution in [3.63, 3.8) is 0 Å². The zero-order valence-electron chi connectivity index (χ0n) is 11.8. The lowest BCUT2D eigenvalue weighted by Crippen LogP contribution is -2.44. The molecule has 1 aromatic heterocycles. The van der Waals surface area contributed by atoms with Crippen molar-refractivity contribution in [1.29, 1.82) is 0 Å². The van der Waals surface area contributed by atoms with Crippen LogP contribution in [0.5, 0.6) is 0 Å². The van der Waals surface area contributed by atoms with Crippen molar-refractivity contribution in [2.24, 2.45) is 5.92 Å². The summed E-state index contributed by atoms with van der Waals surface area (Å²) in [4.78, 5) is 28.5. The molecule has 0 spiro atoms. The summed E-state index contributed by atoms with van der Waals surface area (Å²) in [5.41, 5.74) is 0.492. The third-order valence-electron chi connectivity index (χ3n) is 3.62. The van der Waals surface area contributed by atoms with E-state index in [2.05, 4.69) is 4.98 Å². The Hall–Kier alpha value is -2.12. The molecule has 2 rings (SSSR count). The Balaban J connectivity index is 1.79. The standard InChI is InChI=1S/C14H16F3N3O2/c15-14(16,17)13(22)19-8-10-3-6-20(7-4-10)12(21)11-2-1-5-18-9-11/h1-2,5,9-10H,3-4,6-8H2,(H,19,22). The molecular weight excluding hydrogens is 299 g/mol. The normalized spacial score (nSPS) is 16.4. The second-order valence-electron chi connectivity index (χ2n) is 5.19. The van der Waals surface area contributed by atoms with Crippen molar-refractivity contribution in [3.8, 4) is 0 Å². The number of aromatic nitrogens is 1. The van der Waals surface area contributed by atoms with Crippen LogP contribution in [0.3, 0.4) is 0 Å². The van der Waals surface area contributed by atoms with Crippen LogP contribution in [0.25, 0.3) is 0 Å². The summed E-state index contributed by atoms with van der Waals surface area (Å²) < 4.78 is 36.3. The Labute approximate surface area is 125 Å². The van der Waals surface area contributed by atoms with Crippen LogP contribution in [-0.4, -0.2) is 47.5 Å². The summed E-state index contributed by atoms with van der Waals surface area (Å²) in [5, 5.41) is 1.89. The summed E-state index contributed by atoms with van der Waals surface area (Å²) in [5.74, 6) is -2.10. The van der Waals surface area contributed by atoms with Crippen LogP contribution in [-0.2, 0) is 4.79 Å². The summed E-state index contributed by atoms with van der Waals surface area (Å²) in [6.07, 6.45) is -0.671. The van der Waals surface area contributed by atoms with Crippen LogP contribution >= 0.6 is 0 Å². The quantitative estimate of drug-likeness (QED) is 0.922. The van der Waals surface area contributed by atoms with Crippen molar-refractivity contribution < 1.29 is 22.8 Å². The molecule has 2 amide bonds. The van der Waals surface area contributed by atoms with Crippen molar-refractivity contribution in [2.75, 3.05) is 19.6 Å². The molecule has 0 bridgehead atoms. The highest BCUT2D eigenvalue weighted by atomic mass is 19.4. The number of rotatable bonds is 3. The molecule has 0 aromatic carbocycles. The predicted octanol–water partition coefficient (Wildman–Crippen LogP) is 1.61. The van der Waals surface area contributed by atoms with Gasteiger partial charge in [0, 0.05) is 32.0 Å². The summed E-state index contributed by atoms with van der Waals surface area (Å²) in [6, 6.07) is 3.34. The molecule has 1 aromatic rings. The van der Waals surface area contributed by atoms with Crippen LogP contribution in [0.1, 0.15) is 23.2 Å². The SMILES string of the molecule is O=C(c1cccnc1)N1CCC(CNC(=O)C(F)(F)F)CC1. The number of nitrogens with zero attached hydrogens (tertiary/aromatic N) is 2. The van der Waals surface area contributed by atoms with E-state index in [0.29, 0.717) is 31.5 Å². The fraction of sp³-hybridized carbons (Fsp3) is 0.500. The molecule has 5 nitrogen and oxygen atoms in total. The van der Waals surface area contributed by atoms with E-state index in [-0.39, 0.29) is 18.4 Å². The lowest BCUT2D eigenvalue weighted by molar-refractivity contribution is -0.173. The number of amides is 2. The van der Waals surface area contributed by atoms with E-state index in [1.165, 1.54) is 6.20 Å². The van der Waals surface area contributed by atoms with E-state index in [1.807, 2.05) is 5.32 Å². The van der Waals surface area contributed by atoms with Crippen molar-refractivity contribution in [1.82, 2.24) is 15.2 Å². The molecule has 1 saturated heterocycles. The largest absolute Gasteiger partial charge is 0.471 e. The van der Waals surface area contributed by atoms with Crippen LogP contribution < -0.4 is 5.32 Å². The van der Waals surface area contributed by atoms with Crippen LogP contribution in [0.2, 0.25) is 0 Å². The number of pyridine rings is 1. The first-order valence-corrected chi connectivity index (χ1v) is 6.92. The number of halogens is 3. The number of hydrogen-bond donors (Lipinski definition) is 1. The van der Waals surface area contributed by atoms with E-state index < -0.39 is 12.1 Å². The molecule has 0 unspecified atom stereocenters. The van der Waals surface area contributed by atoms with E-state index in [9.17, 15) is 22.8 Å². The van der Waals surface area contributed by atoms with Crippen molar-refractivity contribution in [2.45, 2.75) is 19.0 Å². The molecule has 0 atom stereocenters. The third-order valence-corrected chi connectivity index (χ3v) is 3.62. The third kappa shape index (κ3) is 4.19. The molecule has 0 aliphatic carbocycles. The van der Waals surface area contributed by atoms with Gasteiger partial charge in [-0.25, -0.2) is 0 Å². The lowest BCUT2D eigenvalue weighted by Gasteiger charge is -2.32. The molecule has 2 heterocycles. The van der Waals surface area contributed by atoms with Crippen molar-refractivity contribution >= 4 is 11.8 Å². The average Bonchev–Trinajstić information content (AvgIpc) is 2.52. The molecule has 1 N–H and O–H groups in total. The molecule has 1 aliphatic rings. The Morgan fingerprint density at radius 1 is 1.32 bits per heavy atom. The minimum absolute atomic E-state index is 0.0206. The van der Waals surface area contributed by atoms with Gasteiger partial charge in [0.2, 0.25) is 0 Å². The van der Waals surface area contributed by atoms with E-state index in [4.69, 9.17) is 0 Å². The number of likely N-dealkylation sites (tertiary alicyclic amines) is 1. The number of carbonyl (C=O) groups is 2. The zero-order valence-corrected chi connectivity index (χ0v) is 11.8. The maximum atomic E-state index is 12.2. The van der Waals surface area contributed by atoms with Gasteiger partial charge in [0.15, 0.2) is 0 Å². The monoisotopic (exact) mass is 315 g/mol. The van der Waals surface area contributed by atoms with Gasteiger partial charge in [-0.1, -0.05) is 0 Å². The smallest absolute Gasteiger partial charge is 0.348 e. The summed E-state index contributed by atoms with van der Waals surface area (Å²) >= 11 is 0. The highest BCUT2D eigenvalue weighted by Crippen LogP contribution is 2.19. The molecule has 120 valence electrons. The highest BCUT2D eigenvalue weighted by molar-refractivity contribution is 5.93. The Bertz CT molecular complexity index is 526. The number of alkyl halides is 3. The van der Waals surface area contributed by atoms with Crippen LogP contribution in [0, 0.1) is 5.92 Å². The average molecular weight is 315 g/mol. The molecule has 0 radical (unpaired) electrons. The molecule has 1 fully saturated rings. The predicted molar refractivity (Wildman–Crippen MR) is 71.9 cm³/mol.